The predicted molar refractivity (Wildman–Crippen MR) is 72.7 cm³/mol. The highest BCUT2D eigenvalue weighted by Crippen LogP contribution is 2.34. The lowest BCUT2D eigenvalue weighted by atomic mass is 9.97. The lowest BCUT2D eigenvalue weighted by Gasteiger charge is -2.26. The molecule has 0 saturated carbocycles. The van der Waals surface area contributed by atoms with Crippen LogP contribution in [0, 0.1) is 12.8 Å². The third kappa shape index (κ3) is 2.47. The lowest BCUT2D eigenvalue weighted by molar-refractivity contribution is 0.238. The van der Waals surface area contributed by atoms with E-state index in [0.717, 1.165) is 19.5 Å². The van der Waals surface area contributed by atoms with E-state index >= 15 is 0 Å². The highest BCUT2D eigenvalue weighted by atomic mass is 16.3. The Morgan fingerprint density at radius 2 is 2.18 bits per heavy atom. The van der Waals surface area contributed by atoms with Crippen LogP contribution >= 0.6 is 0 Å². The van der Waals surface area contributed by atoms with Gasteiger partial charge in [-0.2, -0.15) is 0 Å². The van der Waals surface area contributed by atoms with Crippen LogP contribution < -0.4 is 4.90 Å². The number of aliphatic hydroxyl groups is 1. The summed E-state index contributed by atoms with van der Waals surface area (Å²) in [5, 5.41) is 9.25. The smallest absolute Gasteiger partial charge is 0.0476 e. The normalized spacial score (nSPS) is 20.3. The molecule has 1 fully saturated rings. The number of benzene rings is 1. The van der Waals surface area contributed by atoms with Gasteiger partial charge in [-0.15, -0.1) is 0 Å². The van der Waals surface area contributed by atoms with E-state index in [4.69, 9.17) is 0 Å². The minimum atomic E-state index is 0.319. The summed E-state index contributed by atoms with van der Waals surface area (Å²) in [6.45, 7) is 9.08. The molecule has 0 radical (unpaired) electrons. The maximum atomic E-state index is 9.25. The maximum absolute atomic E-state index is 9.25. The lowest BCUT2D eigenvalue weighted by Crippen LogP contribution is -2.23. The largest absolute Gasteiger partial charge is 0.396 e. The van der Waals surface area contributed by atoms with Crippen LogP contribution in [-0.4, -0.2) is 24.8 Å². The molecule has 2 rings (SSSR count). The van der Waals surface area contributed by atoms with Crippen LogP contribution in [0.25, 0.3) is 0 Å². The van der Waals surface area contributed by atoms with Gasteiger partial charge < -0.3 is 10.0 Å². The summed E-state index contributed by atoms with van der Waals surface area (Å²) in [7, 11) is 0. The van der Waals surface area contributed by atoms with Crippen molar-refractivity contribution in [3.8, 4) is 0 Å². The van der Waals surface area contributed by atoms with E-state index in [1.54, 1.807) is 0 Å². The Morgan fingerprint density at radius 1 is 1.41 bits per heavy atom. The van der Waals surface area contributed by atoms with E-state index in [9.17, 15) is 5.11 Å². The molecular formula is C15H23NO. The fourth-order valence-corrected chi connectivity index (χ4v) is 2.76. The average Bonchev–Trinajstić information content (AvgIpc) is 2.76. The molecule has 94 valence electrons. The second-order valence-corrected chi connectivity index (χ2v) is 5.45. The van der Waals surface area contributed by atoms with E-state index in [-0.39, 0.29) is 0 Å². The first kappa shape index (κ1) is 12.4. The van der Waals surface area contributed by atoms with Crippen LogP contribution in [0.15, 0.2) is 18.2 Å². The molecule has 2 nitrogen and oxygen atoms in total. The molecule has 1 atom stereocenters. The van der Waals surface area contributed by atoms with Crippen molar-refractivity contribution < 1.29 is 5.11 Å². The van der Waals surface area contributed by atoms with E-state index in [0.29, 0.717) is 18.4 Å². The van der Waals surface area contributed by atoms with Crippen molar-refractivity contribution >= 4 is 5.69 Å². The van der Waals surface area contributed by atoms with Gasteiger partial charge in [0, 0.05) is 31.3 Å². The van der Waals surface area contributed by atoms with Gasteiger partial charge >= 0.3 is 0 Å². The average molecular weight is 233 g/mol. The Balaban J connectivity index is 2.31. The van der Waals surface area contributed by atoms with E-state index in [2.05, 4.69) is 43.9 Å². The van der Waals surface area contributed by atoms with E-state index in [1.165, 1.54) is 16.8 Å². The molecule has 0 amide bonds. The van der Waals surface area contributed by atoms with Crippen LogP contribution in [0.3, 0.4) is 0 Å². The van der Waals surface area contributed by atoms with Gasteiger partial charge in [0.1, 0.15) is 0 Å². The van der Waals surface area contributed by atoms with Crippen LogP contribution in [0.5, 0.6) is 0 Å². The van der Waals surface area contributed by atoms with Crippen molar-refractivity contribution in [2.24, 2.45) is 5.92 Å². The van der Waals surface area contributed by atoms with Crippen molar-refractivity contribution in [3.63, 3.8) is 0 Å². The van der Waals surface area contributed by atoms with Crippen molar-refractivity contribution in [2.75, 3.05) is 24.6 Å². The molecule has 17 heavy (non-hydrogen) atoms. The molecule has 1 heterocycles. The highest BCUT2D eigenvalue weighted by molar-refractivity contribution is 5.61. The predicted octanol–water partition coefficient (Wildman–Crippen LogP) is 2.94. The van der Waals surface area contributed by atoms with Gasteiger partial charge in [-0.3, -0.25) is 0 Å². The van der Waals surface area contributed by atoms with Gasteiger partial charge in [0.2, 0.25) is 0 Å². The Morgan fingerprint density at radius 3 is 2.76 bits per heavy atom. The maximum Gasteiger partial charge on any atom is 0.0476 e. The van der Waals surface area contributed by atoms with Gasteiger partial charge in [-0.05, 0) is 30.4 Å². The first-order valence-corrected chi connectivity index (χ1v) is 6.58. The summed E-state index contributed by atoms with van der Waals surface area (Å²) in [5.74, 6) is 1.01. The van der Waals surface area contributed by atoms with Crippen molar-refractivity contribution in [2.45, 2.75) is 33.1 Å². The Hall–Kier alpha value is -1.02. The van der Waals surface area contributed by atoms with Gasteiger partial charge in [-0.1, -0.05) is 32.0 Å². The first-order chi connectivity index (χ1) is 8.13. The molecule has 1 aromatic rings. The fraction of sp³-hybridized carbons (Fsp3) is 0.600. The summed E-state index contributed by atoms with van der Waals surface area (Å²) in [6.07, 6.45) is 1.11. The SMILES string of the molecule is Cc1cccc(C(C)C)c1N1CCC(CO)C1. The summed E-state index contributed by atoms with van der Waals surface area (Å²) in [5.41, 5.74) is 4.19. The number of aryl methyl sites for hydroxylation is 1. The van der Waals surface area contributed by atoms with Crippen molar-refractivity contribution in [1.82, 2.24) is 0 Å². The summed E-state index contributed by atoms with van der Waals surface area (Å²) >= 11 is 0. The number of hydrogen-bond donors (Lipinski definition) is 1. The standard InChI is InChI=1S/C15H23NO/c1-11(2)14-6-4-5-12(3)15(14)16-8-7-13(9-16)10-17/h4-6,11,13,17H,7-10H2,1-3H3. The molecule has 0 bridgehead atoms. The van der Waals surface area contributed by atoms with Crippen molar-refractivity contribution in [1.29, 1.82) is 0 Å². The molecule has 1 aliphatic heterocycles. The quantitative estimate of drug-likeness (QED) is 0.867. The zero-order valence-electron chi connectivity index (χ0n) is 11.1. The highest BCUT2D eigenvalue weighted by Gasteiger charge is 2.25. The van der Waals surface area contributed by atoms with Gasteiger partial charge in [0.05, 0.1) is 0 Å². The van der Waals surface area contributed by atoms with E-state index in [1.807, 2.05) is 0 Å². The number of anilines is 1. The monoisotopic (exact) mass is 233 g/mol. The molecular weight excluding hydrogens is 210 g/mol. The van der Waals surface area contributed by atoms with Gasteiger partial charge in [0.25, 0.3) is 0 Å². The van der Waals surface area contributed by atoms with Crippen LogP contribution in [-0.2, 0) is 0 Å². The number of aliphatic hydroxyl groups excluding tert-OH is 1. The number of rotatable bonds is 3. The van der Waals surface area contributed by atoms with E-state index < -0.39 is 0 Å². The third-order valence-electron chi connectivity index (χ3n) is 3.75. The van der Waals surface area contributed by atoms with Crippen LogP contribution in [0.4, 0.5) is 5.69 Å². The minimum absolute atomic E-state index is 0.319. The molecule has 0 aliphatic carbocycles. The molecule has 1 aliphatic rings. The molecule has 2 heteroatoms. The topological polar surface area (TPSA) is 23.5 Å². The Kier molecular flexibility index (Phi) is 3.72. The fourth-order valence-electron chi connectivity index (χ4n) is 2.76. The second-order valence-electron chi connectivity index (χ2n) is 5.45. The summed E-state index contributed by atoms with van der Waals surface area (Å²) in [6, 6.07) is 6.57. The van der Waals surface area contributed by atoms with Gasteiger partial charge in [-0.25, -0.2) is 0 Å². The van der Waals surface area contributed by atoms with Crippen LogP contribution in [0.1, 0.15) is 37.3 Å². The number of para-hydroxylation sites is 1. The molecule has 0 spiro atoms. The third-order valence-corrected chi connectivity index (χ3v) is 3.75. The van der Waals surface area contributed by atoms with Crippen molar-refractivity contribution in [3.05, 3.63) is 29.3 Å². The number of hydrogen-bond acceptors (Lipinski definition) is 2. The zero-order valence-corrected chi connectivity index (χ0v) is 11.1. The molecule has 1 unspecified atom stereocenters. The van der Waals surface area contributed by atoms with Gasteiger partial charge in [0.15, 0.2) is 0 Å². The van der Waals surface area contributed by atoms with Crippen LogP contribution in [0.2, 0.25) is 0 Å². The molecule has 1 saturated heterocycles. The molecule has 0 aromatic heterocycles. The molecule has 1 aromatic carbocycles. The second kappa shape index (κ2) is 5.09. The zero-order chi connectivity index (χ0) is 12.4. The Labute approximate surface area is 104 Å². The first-order valence-electron chi connectivity index (χ1n) is 6.58. The Bertz CT molecular complexity index is 387. The minimum Gasteiger partial charge on any atom is -0.396 e. The number of nitrogens with zero attached hydrogens (tertiary/aromatic N) is 1. The summed E-state index contributed by atoms with van der Waals surface area (Å²) < 4.78 is 0. The summed E-state index contributed by atoms with van der Waals surface area (Å²) in [4.78, 5) is 2.45. The molecule has 1 N–H and O–H groups in total.